The molecule has 0 spiro atoms. The first-order valence-corrected chi connectivity index (χ1v) is 7.69. The van der Waals surface area contributed by atoms with Gasteiger partial charge in [-0.15, -0.1) is 0 Å². The van der Waals surface area contributed by atoms with E-state index in [1.165, 1.54) is 0 Å². The Balaban J connectivity index is 1.68. The van der Waals surface area contributed by atoms with E-state index in [2.05, 4.69) is 26.6 Å². The zero-order valence-corrected chi connectivity index (χ0v) is 13.1. The van der Waals surface area contributed by atoms with Gasteiger partial charge in [0, 0.05) is 29.0 Å². The molecule has 20 heavy (non-hydrogen) atoms. The molecule has 1 fully saturated rings. The van der Waals surface area contributed by atoms with Crippen molar-refractivity contribution in [2.45, 2.75) is 38.6 Å². The highest BCUT2D eigenvalue weighted by atomic mass is 79.9. The molecule has 1 aliphatic carbocycles. The Labute approximate surface area is 127 Å². The summed E-state index contributed by atoms with van der Waals surface area (Å²) < 4.78 is 0.925. The molecule has 0 atom stereocenters. The molecule has 1 aromatic rings. The van der Waals surface area contributed by atoms with E-state index in [9.17, 15) is 9.59 Å². The van der Waals surface area contributed by atoms with Crippen LogP contribution in [-0.2, 0) is 4.79 Å². The molecular weight excluding hydrogens is 320 g/mol. The van der Waals surface area contributed by atoms with E-state index in [-0.39, 0.29) is 11.8 Å². The van der Waals surface area contributed by atoms with Crippen molar-refractivity contribution in [3.05, 3.63) is 33.8 Å². The van der Waals surface area contributed by atoms with Crippen LogP contribution in [0.3, 0.4) is 0 Å². The van der Waals surface area contributed by atoms with Crippen molar-refractivity contribution >= 4 is 27.7 Å². The van der Waals surface area contributed by atoms with Crippen LogP contribution in [-0.4, -0.2) is 24.4 Å². The van der Waals surface area contributed by atoms with Gasteiger partial charge in [-0.3, -0.25) is 9.59 Å². The quantitative estimate of drug-likeness (QED) is 0.783. The molecule has 2 N–H and O–H groups in total. The molecule has 1 aromatic carbocycles. The Morgan fingerprint density at radius 1 is 1.35 bits per heavy atom. The molecule has 0 aromatic heterocycles. The monoisotopic (exact) mass is 338 g/mol. The second kappa shape index (κ2) is 6.88. The van der Waals surface area contributed by atoms with Crippen LogP contribution in [0.15, 0.2) is 22.7 Å². The van der Waals surface area contributed by atoms with E-state index in [4.69, 9.17) is 0 Å². The zero-order valence-electron chi connectivity index (χ0n) is 11.5. The van der Waals surface area contributed by atoms with Crippen LogP contribution in [0.25, 0.3) is 0 Å². The SMILES string of the molecule is Cc1ccc(C(=O)NCCCC(=O)NC2CC2)cc1Br. The molecule has 0 unspecified atom stereocenters. The van der Waals surface area contributed by atoms with Gasteiger partial charge in [-0.1, -0.05) is 22.0 Å². The van der Waals surface area contributed by atoms with Crippen LogP contribution < -0.4 is 10.6 Å². The fourth-order valence-corrected chi connectivity index (χ4v) is 2.19. The maximum absolute atomic E-state index is 11.9. The summed E-state index contributed by atoms with van der Waals surface area (Å²) in [6.07, 6.45) is 3.33. The highest BCUT2D eigenvalue weighted by Crippen LogP contribution is 2.19. The first-order valence-electron chi connectivity index (χ1n) is 6.90. The standard InChI is InChI=1S/C15H19BrN2O2/c1-10-4-5-11(9-13(10)16)15(20)17-8-2-3-14(19)18-12-6-7-12/h4-5,9,12H,2-3,6-8H2,1H3,(H,17,20)(H,18,19). The number of hydrogen-bond donors (Lipinski definition) is 2. The predicted molar refractivity (Wildman–Crippen MR) is 81.6 cm³/mol. The summed E-state index contributed by atoms with van der Waals surface area (Å²) in [7, 11) is 0. The lowest BCUT2D eigenvalue weighted by Gasteiger charge is -2.07. The second-order valence-electron chi connectivity index (χ2n) is 5.17. The molecular formula is C15H19BrN2O2. The van der Waals surface area contributed by atoms with Crippen molar-refractivity contribution in [2.75, 3.05) is 6.54 Å². The van der Waals surface area contributed by atoms with Crippen molar-refractivity contribution in [3.8, 4) is 0 Å². The van der Waals surface area contributed by atoms with Gasteiger partial charge < -0.3 is 10.6 Å². The molecule has 5 heteroatoms. The molecule has 0 saturated heterocycles. The zero-order chi connectivity index (χ0) is 14.5. The summed E-state index contributed by atoms with van der Waals surface area (Å²) in [5.74, 6) is -0.0202. The number of rotatable bonds is 6. The summed E-state index contributed by atoms with van der Waals surface area (Å²) in [4.78, 5) is 23.4. The van der Waals surface area contributed by atoms with E-state index >= 15 is 0 Å². The fraction of sp³-hybridized carbons (Fsp3) is 0.467. The molecule has 1 saturated carbocycles. The van der Waals surface area contributed by atoms with Gasteiger partial charge in [0.25, 0.3) is 5.91 Å². The maximum Gasteiger partial charge on any atom is 0.251 e. The number of amides is 2. The number of nitrogens with one attached hydrogen (secondary N) is 2. The average molecular weight is 339 g/mol. The smallest absolute Gasteiger partial charge is 0.251 e. The lowest BCUT2D eigenvalue weighted by Crippen LogP contribution is -2.28. The predicted octanol–water partition coefficient (Wildman–Crippen LogP) is 2.55. The van der Waals surface area contributed by atoms with Gasteiger partial charge in [0.05, 0.1) is 0 Å². The van der Waals surface area contributed by atoms with Gasteiger partial charge in [-0.25, -0.2) is 0 Å². The van der Waals surface area contributed by atoms with Gasteiger partial charge in [-0.05, 0) is 43.9 Å². The van der Waals surface area contributed by atoms with Crippen molar-refractivity contribution in [2.24, 2.45) is 0 Å². The molecule has 2 rings (SSSR count). The van der Waals surface area contributed by atoms with Crippen molar-refractivity contribution in [3.63, 3.8) is 0 Å². The number of halogens is 1. The van der Waals surface area contributed by atoms with E-state index in [0.717, 1.165) is 22.9 Å². The highest BCUT2D eigenvalue weighted by molar-refractivity contribution is 9.10. The second-order valence-corrected chi connectivity index (χ2v) is 6.02. The largest absolute Gasteiger partial charge is 0.353 e. The summed E-state index contributed by atoms with van der Waals surface area (Å²) in [6, 6.07) is 5.92. The van der Waals surface area contributed by atoms with Crippen molar-refractivity contribution in [1.82, 2.24) is 10.6 Å². The number of carbonyl (C=O) groups excluding carboxylic acids is 2. The van der Waals surface area contributed by atoms with Crippen molar-refractivity contribution in [1.29, 1.82) is 0 Å². The first kappa shape index (κ1) is 15.0. The minimum atomic E-state index is -0.103. The van der Waals surface area contributed by atoms with E-state index < -0.39 is 0 Å². The Morgan fingerprint density at radius 3 is 2.75 bits per heavy atom. The third-order valence-electron chi connectivity index (χ3n) is 3.24. The molecule has 0 heterocycles. The number of carbonyl (C=O) groups is 2. The van der Waals surface area contributed by atoms with E-state index in [1.54, 1.807) is 6.07 Å². The normalized spacial score (nSPS) is 13.9. The third-order valence-corrected chi connectivity index (χ3v) is 4.10. The molecule has 0 aliphatic heterocycles. The van der Waals surface area contributed by atoms with Gasteiger partial charge in [-0.2, -0.15) is 0 Å². The first-order chi connectivity index (χ1) is 9.56. The number of hydrogen-bond acceptors (Lipinski definition) is 2. The van der Waals surface area contributed by atoms with E-state index in [1.807, 2.05) is 19.1 Å². The topological polar surface area (TPSA) is 58.2 Å². The lowest BCUT2D eigenvalue weighted by atomic mass is 10.1. The molecule has 0 bridgehead atoms. The van der Waals surface area contributed by atoms with Crippen molar-refractivity contribution < 1.29 is 9.59 Å². The molecule has 108 valence electrons. The minimum absolute atomic E-state index is 0.0832. The van der Waals surface area contributed by atoms with Crippen LogP contribution in [0.5, 0.6) is 0 Å². The Bertz CT molecular complexity index is 513. The van der Waals surface area contributed by atoms with Gasteiger partial charge >= 0.3 is 0 Å². The summed E-state index contributed by atoms with van der Waals surface area (Å²) in [5, 5.41) is 5.76. The number of aryl methyl sites for hydroxylation is 1. The molecule has 1 aliphatic rings. The van der Waals surface area contributed by atoms with Gasteiger partial charge in [0.2, 0.25) is 5.91 Å². The number of benzene rings is 1. The fourth-order valence-electron chi connectivity index (χ4n) is 1.81. The van der Waals surface area contributed by atoms with Gasteiger partial charge in [0.15, 0.2) is 0 Å². The summed E-state index contributed by atoms with van der Waals surface area (Å²) >= 11 is 3.41. The van der Waals surface area contributed by atoms with Gasteiger partial charge in [0.1, 0.15) is 0 Å². The molecule has 2 amide bonds. The van der Waals surface area contributed by atoms with Crippen LogP contribution in [0.1, 0.15) is 41.6 Å². The Morgan fingerprint density at radius 2 is 2.10 bits per heavy atom. The molecule has 4 nitrogen and oxygen atoms in total. The lowest BCUT2D eigenvalue weighted by molar-refractivity contribution is -0.121. The summed E-state index contributed by atoms with van der Waals surface area (Å²) in [6.45, 7) is 2.49. The third kappa shape index (κ3) is 4.63. The molecule has 0 radical (unpaired) electrons. The maximum atomic E-state index is 11.9. The Hall–Kier alpha value is -1.36. The van der Waals surface area contributed by atoms with Crippen LogP contribution in [0.4, 0.5) is 0 Å². The van der Waals surface area contributed by atoms with Crippen LogP contribution in [0.2, 0.25) is 0 Å². The highest BCUT2D eigenvalue weighted by Gasteiger charge is 2.22. The summed E-state index contributed by atoms with van der Waals surface area (Å²) in [5.41, 5.74) is 1.73. The van der Waals surface area contributed by atoms with Crippen LogP contribution in [0, 0.1) is 6.92 Å². The van der Waals surface area contributed by atoms with E-state index in [0.29, 0.717) is 31.0 Å². The average Bonchev–Trinajstić information content (AvgIpc) is 3.21. The van der Waals surface area contributed by atoms with Crippen LogP contribution >= 0.6 is 15.9 Å². The Kier molecular flexibility index (Phi) is 5.17. The minimum Gasteiger partial charge on any atom is -0.353 e.